The summed E-state index contributed by atoms with van der Waals surface area (Å²) in [6, 6.07) is -1.88. The van der Waals surface area contributed by atoms with E-state index in [2.05, 4.69) is 27.4 Å². The van der Waals surface area contributed by atoms with Gasteiger partial charge in [-0.15, -0.1) is 6.58 Å². The van der Waals surface area contributed by atoms with Crippen LogP contribution in [0.2, 0.25) is 0 Å². The van der Waals surface area contributed by atoms with Crippen LogP contribution in [0.25, 0.3) is 0 Å². The minimum absolute atomic E-state index is 0. The molecule has 16 heteroatoms. The van der Waals surface area contributed by atoms with E-state index in [1.807, 2.05) is 0 Å². The minimum Gasteiger partial charge on any atom is -0.480 e. The lowest BCUT2D eigenvalue weighted by atomic mass is 10.2. The number of alkyl carbamates (subject to hydrolysis) is 2. The second-order valence-corrected chi connectivity index (χ2v) is 11.6. The molecule has 2 aliphatic rings. The van der Waals surface area contributed by atoms with Crippen molar-refractivity contribution >= 4 is 36.4 Å². The molecule has 2 heterocycles. The molecule has 16 nitrogen and oxygen atoms in total. The lowest BCUT2D eigenvalue weighted by Crippen LogP contribution is -2.45. The number of hydrogen-bond donors (Lipinski definition) is 5. The molecule has 2 aliphatic heterocycles. The number of aliphatic carboxylic acids is 2. The van der Waals surface area contributed by atoms with E-state index in [-0.39, 0.29) is 26.2 Å². The van der Waals surface area contributed by atoms with Crippen LogP contribution in [0, 0.1) is 0 Å². The van der Waals surface area contributed by atoms with Gasteiger partial charge >= 0.3 is 36.4 Å². The largest absolute Gasteiger partial charge is 0.480 e. The highest BCUT2D eigenvalue weighted by atomic mass is 16.6. The summed E-state index contributed by atoms with van der Waals surface area (Å²) in [5, 5.41) is 25.7. The molecule has 2 atom stereocenters. The molecule has 0 spiro atoms. The van der Waals surface area contributed by atoms with Gasteiger partial charge in [-0.1, -0.05) is 13.5 Å². The molecule has 0 aliphatic carbocycles. The summed E-state index contributed by atoms with van der Waals surface area (Å²) in [7, 11) is 0. The summed E-state index contributed by atoms with van der Waals surface area (Å²) in [5.41, 5.74) is -1.26. The number of amides is 2. The molecule has 0 bridgehead atoms. The van der Waals surface area contributed by atoms with Crippen molar-refractivity contribution in [3.8, 4) is 0 Å². The van der Waals surface area contributed by atoms with Crippen molar-refractivity contribution in [2.45, 2.75) is 111 Å². The number of rotatable bonds is 9. The van der Waals surface area contributed by atoms with Gasteiger partial charge in [-0.25, -0.2) is 19.2 Å². The number of carboxylic acids is 2. The van der Waals surface area contributed by atoms with Gasteiger partial charge in [0.1, 0.15) is 23.3 Å². The summed E-state index contributed by atoms with van der Waals surface area (Å²) in [6.45, 7) is 19.0. The number of likely N-dealkylation sites (tertiary alicyclic amines) is 1. The molecule has 2 amide bonds. The van der Waals surface area contributed by atoms with E-state index in [1.54, 1.807) is 41.5 Å². The van der Waals surface area contributed by atoms with E-state index in [9.17, 15) is 19.2 Å². The van der Waals surface area contributed by atoms with Gasteiger partial charge in [-0.2, -0.15) is 19.2 Å². The standard InChI is InChI=1S/C13H24N2O4.C10H17NO4.C4H9N.2CO2.CH4/c1-13(2,3)19-12(18)14-10(11(16)17)6-9-15-7-4-5-8-15;1-5-6-7(8(12)13)11-9(14)15-10(2,3)4;1-2-4-5-3-1;2*2-1-3;/h10H,4-9H2,1-3H3,(H,14,18)(H,16,17);5,7H,1,6H2,2-4H3,(H,11,14)(H,12,13);5H,1-4H2;;;1H4/t10-;7-;;;;/m00..../s1. The predicted octanol–water partition coefficient (Wildman–Crippen LogP) is 2.83. The third kappa shape index (κ3) is 34.4. The SMILES string of the molecule is C.C1CCNC1.C=CC[C@H](NC(=O)OC(C)(C)C)C(=O)O.CC(C)(C)OC(=O)N[C@@H](CCN1CCCC1)C(=O)O.O=C=O.O=C=O. The fraction of sp³-hybridized carbons (Fsp3) is 0.733. The maximum absolute atomic E-state index is 11.6. The first-order chi connectivity index (χ1) is 20.9. The quantitative estimate of drug-likeness (QED) is 0.223. The molecule has 0 aromatic rings. The van der Waals surface area contributed by atoms with Crippen molar-refractivity contribution in [3.63, 3.8) is 0 Å². The Bertz CT molecular complexity index is 919. The molecule has 0 aromatic carbocycles. The van der Waals surface area contributed by atoms with Crippen LogP contribution in [-0.2, 0) is 38.2 Å². The minimum atomic E-state index is -1.11. The Labute approximate surface area is 271 Å². The van der Waals surface area contributed by atoms with Crippen molar-refractivity contribution in [2.75, 3.05) is 32.7 Å². The smallest absolute Gasteiger partial charge is 0.408 e. The fourth-order valence-electron chi connectivity index (χ4n) is 3.49. The number of ether oxygens (including phenoxy) is 2. The van der Waals surface area contributed by atoms with Gasteiger partial charge in [-0.05, 0) is 106 Å². The lowest BCUT2D eigenvalue weighted by molar-refractivity contribution is -0.193. The van der Waals surface area contributed by atoms with Gasteiger partial charge in [0.05, 0.1) is 0 Å². The van der Waals surface area contributed by atoms with Crippen molar-refractivity contribution in [1.82, 2.24) is 20.9 Å². The monoisotopic (exact) mass is 662 g/mol. The van der Waals surface area contributed by atoms with Crippen LogP contribution in [0.3, 0.4) is 0 Å². The maximum Gasteiger partial charge on any atom is 0.408 e. The van der Waals surface area contributed by atoms with Gasteiger partial charge in [-0.3, -0.25) is 0 Å². The first-order valence-electron chi connectivity index (χ1n) is 14.3. The van der Waals surface area contributed by atoms with E-state index in [4.69, 9.17) is 38.9 Å². The van der Waals surface area contributed by atoms with E-state index in [1.165, 1.54) is 32.0 Å². The average molecular weight is 663 g/mol. The van der Waals surface area contributed by atoms with Crippen LogP contribution in [0.15, 0.2) is 12.7 Å². The van der Waals surface area contributed by atoms with Gasteiger partial charge in [0.2, 0.25) is 0 Å². The van der Waals surface area contributed by atoms with Crippen LogP contribution in [0.1, 0.15) is 87.5 Å². The van der Waals surface area contributed by atoms with Crippen molar-refractivity contribution in [1.29, 1.82) is 0 Å². The number of carbonyl (C=O) groups is 4. The lowest BCUT2D eigenvalue weighted by Gasteiger charge is -2.23. The molecule has 0 unspecified atom stereocenters. The second kappa shape index (κ2) is 28.4. The van der Waals surface area contributed by atoms with Gasteiger partial charge in [0, 0.05) is 6.54 Å². The van der Waals surface area contributed by atoms with E-state index in [0.29, 0.717) is 13.0 Å². The topological polar surface area (TPSA) is 235 Å². The Hall–Kier alpha value is -4.10. The average Bonchev–Trinajstić information content (AvgIpc) is 3.63. The van der Waals surface area contributed by atoms with Crippen LogP contribution >= 0.6 is 0 Å². The molecular weight excluding hydrogens is 608 g/mol. The van der Waals surface area contributed by atoms with Crippen LogP contribution in [0.4, 0.5) is 9.59 Å². The highest BCUT2D eigenvalue weighted by Crippen LogP contribution is 2.10. The molecule has 2 rings (SSSR count). The Morgan fingerprint density at radius 1 is 0.804 bits per heavy atom. The normalized spacial score (nSPS) is 14.6. The van der Waals surface area contributed by atoms with Crippen molar-refractivity contribution in [3.05, 3.63) is 12.7 Å². The summed E-state index contributed by atoms with van der Waals surface area (Å²) in [5.74, 6) is -2.13. The Kier molecular flexibility index (Phi) is 30.1. The molecule has 0 aromatic heterocycles. The Morgan fingerprint density at radius 3 is 1.46 bits per heavy atom. The molecule has 46 heavy (non-hydrogen) atoms. The van der Waals surface area contributed by atoms with Gasteiger partial charge in [0.15, 0.2) is 0 Å². The van der Waals surface area contributed by atoms with E-state index < -0.39 is 47.4 Å². The van der Waals surface area contributed by atoms with E-state index >= 15 is 0 Å². The highest BCUT2D eigenvalue weighted by molar-refractivity contribution is 5.80. The number of nitrogens with one attached hydrogen (secondary N) is 3. The highest BCUT2D eigenvalue weighted by Gasteiger charge is 2.25. The summed E-state index contributed by atoms with van der Waals surface area (Å²) in [6.07, 6.45) is 6.17. The van der Waals surface area contributed by atoms with Gasteiger partial charge in [0.25, 0.3) is 0 Å². The van der Waals surface area contributed by atoms with Crippen molar-refractivity contribution in [2.24, 2.45) is 0 Å². The molecule has 5 N–H and O–H groups in total. The second-order valence-electron chi connectivity index (χ2n) is 11.6. The summed E-state index contributed by atoms with van der Waals surface area (Å²) in [4.78, 5) is 79.3. The molecule has 0 saturated carbocycles. The molecule has 0 radical (unpaired) electrons. The third-order valence-corrected chi connectivity index (χ3v) is 5.27. The van der Waals surface area contributed by atoms with Crippen molar-refractivity contribution < 1.29 is 58.0 Å². The summed E-state index contributed by atoms with van der Waals surface area (Å²) >= 11 is 0. The van der Waals surface area contributed by atoms with Gasteiger partial charge < -0.3 is 40.5 Å². The summed E-state index contributed by atoms with van der Waals surface area (Å²) < 4.78 is 9.98. The Morgan fingerprint density at radius 2 is 1.17 bits per heavy atom. The first-order valence-corrected chi connectivity index (χ1v) is 14.3. The fourth-order valence-corrected chi connectivity index (χ4v) is 3.49. The number of carbonyl (C=O) groups excluding carboxylic acids is 6. The van der Waals surface area contributed by atoms with E-state index in [0.717, 1.165) is 25.9 Å². The number of nitrogens with zero attached hydrogens (tertiary/aromatic N) is 1. The number of hydrogen-bond acceptors (Lipinski definition) is 12. The van der Waals surface area contributed by atoms with Crippen LogP contribution in [-0.4, -0.2) is 108 Å². The molecule has 2 saturated heterocycles. The zero-order chi connectivity index (χ0) is 35.5. The van der Waals surface area contributed by atoms with Crippen LogP contribution in [0.5, 0.6) is 0 Å². The first kappa shape index (κ1) is 48.8. The third-order valence-electron chi connectivity index (χ3n) is 5.27. The van der Waals surface area contributed by atoms with Crippen LogP contribution < -0.4 is 16.0 Å². The predicted molar refractivity (Wildman–Crippen MR) is 166 cm³/mol. The zero-order valence-corrected chi connectivity index (χ0v) is 27.1. The zero-order valence-electron chi connectivity index (χ0n) is 27.1. The molecule has 266 valence electrons. The molecule has 2 fully saturated rings. The maximum atomic E-state index is 11.6. The Balaban J connectivity index is -0.000000288. The molecular formula is C30H54N4O12. The number of carboxylic acid groups (broad SMARTS) is 2.